The Hall–Kier alpha value is -3.56. The first-order valence-electron chi connectivity index (χ1n) is 11.2. The number of aliphatic carboxylic acids is 1. The normalized spacial score (nSPS) is 12.2. The fraction of sp³-hybridized carbons (Fsp3) is 0.259. The largest absolute Gasteiger partial charge is 0.480 e. The number of benzene rings is 3. The molecule has 0 fully saturated rings. The van der Waals surface area contributed by atoms with Crippen LogP contribution in [0.4, 0.5) is 0 Å². The van der Waals surface area contributed by atoms with E-state index in [4.69, 9.17) is 20.7 Å². The molecule has 0 saturated carbocycles. The van der Waals surface area contributed by atoms with Gasteiger partial charge in [0.05, 0.1) is 13.2 Å². The van der Waals surface area contributed by atoms with Gasteiger partial charge in [0.1, 0.15) is 18.7 Å². The summed E-state index contributed by atoms with van der Waals surface area (Å²) in [5, 5.41) is 25.9. The standard InChI is InChI=1S/C24H25NO3.C3H7NO3/c26-18-23(24(27)28-19-22-14-8-3-9-15-22)25(16-20-10-4-1-5-11-20)17-21-12-6-2-7-13-21;4-2(1-5)3(6)7/h1-15,23,26H,16-19H2;2,5H,1,4H2,(H,6,7)/t23-;2-/m00/s1. The predicted molar refractivity (Wildman–Crippen MR) is 132 cm³/mol. The number of carbonyl (C=O) groups excluding carboxylic acids is 1. The van der Waals surface area contributed by atoms with Gasteiger partial charge in [-0.15, -0.1) is 0 Å². The molecule has 0 aliphatic rings. The van der Waals surface area contributed by atoms with E-state index in [1.807, 2.05) is 95.9 Å². The molecular weight excluding hydrogens is 448 g/mol. The third kappa shape index (κ3) is 10.1. The van der Waals surface area contributed by atoms with Gasteiger partial charge in [-0.1, -0.05) is 91.0 Å². The Morgan fingerprint density at radius 1 is 0.743 bits per heavy atom. The Morgan fingerprint density at radius 3 is 1.51 bits per heavy atom. The van der Waals surface area contributed by atoms with E-state index in [-0.39, 0.29) is 13.2 Å². The molecule has 0 spiro atoms. The first-order chi connectivity index (χ1) is 16.9. The number of aliphatic hydroxyl groups is 2. The molecule has 8 heteroatoms. The highest BCUT2D eigenvalue weighted by molar-refractivity contribution is 5.76. The Bertz CT molecular complexity index is 960. The second-order valence-corrected chi connectivity index (χ2v) is 7.80. The lowest BCUT2D eigenvalue weighted by atomic mass is 10.1. The van der Waals surface area contributed by atoms with E-state index in [0.717, 1.165) is 16.7 Å². The molecule has 3 aromatic carbocycles. The van der Waals surface area contributed by atoms with Crippen LogP contribution < -0.4 is 5.73 Å². The third-order valence-electron chi connectivity index (χ3n) is 5.08. The van der Waals surface area contributed by atoms with E-state index < -0.39 is 30.6 Å². The molecule has 5 N–H and O–H groups in total. The summed E-state index contributed by atoms with van der Waals surface area (Å²) in [4.78, 5) is 24.3. The van der Waals surface area contributed by atoms with E-state index in [2.05, 4.69) is 0 Å². The SMILES string of the molecule is N[C@@H](CO)C(=O)O.O=C(OCc1ccccc1)[C@H](CO)N(Cc1ccccc1)Cc1ccccc1. The van der Waals surface area contributed by atoms with E-state index in [9.17, 15) is 14.7 Å². The maximum Gasteiger partial charge on any atom is 0.326 e. The number of ether oxygens (including phenoxy) is 1. The smallest absolute Gasteiger partial charge is 0.326 e. The molecule has 0 radical (unpaired) electrons. The quantitative estimate of drug-likeness (QED) is 0.307. The number of carbonyl (C=O) groups is 2. The van der Waals surface area contributed by atoms with Gasteiger partial charge in [-0.25, -0.2) is 0 Å². The maximum absolute atomic E-state index is 12.7. The van der Waals surface area contributed by atoms with E-state index in [1.165, 1.54) is 0 Å². The van der Waals surface area contributed by atoms with Crippen molar-refractivity contribution < 1.29 is 29.6 Å². The molecule has 0 unspecified atom stereocenters. The first kappa shape index (κ1) is 27.7. The van der Waals surface area contributed by atoms with Crippen molar-refractivity contribution in [2.45, 2.75) is 31.8 Å². The Labute approximate surface area is 205 Å². The molecule has 3 rings (SSSR count). The van der Waals surface area contributed by atoms with Crippen LogP contribution in [0.15, 0.2) is 91.0 Å². The molecule has 186 valence electrons. The van der Waals surface area contributed by atoms with Crippen molar-refractivity contribution in [1.82, 2.24) is 4.90 Å². The summed E-state index contributed by atoms with van der Waals surface area (Å²) < 4.78 is 5.50. The first-order valence-corrected chi connectivity index (χ1v) is 11.2. The highest BCUT2D eigenvalue weighted by atomic mass is 16.5. The van der Waals surface area contributed by atoms with Gasteiger partial charge in [0.15, 0.2) is 0 Å². The van der Waals surface area contributed by atoms with E-state index >= 15 is 0 Å². The van der Waals surface area contributed by atoms with Crippen LogP contribution in [-0.4, -0.2) is 57.5 Å². The molecule has 0 aliphatic heterocycles. The molecule has 0 aliphatic carbocycles. The van der Waals surface area contributed by atoms with Gasteiger partial charge in [-0.05, 0) is 16.7 Å². The molecule has 0 heterocycles. The van der Waals surface area contributed by atoms with Crippen LogP contribution in [0.2, 0.25) is 0 Å². The predicted octanol–water partition coefficient (Wildman–Crippen LogP) is 2.18. The van der Waals surface area contributed by atoms with Crippen molar-refractivity contribution in [3.8, 4) is 0 Å². The summed E-state index contributed by atoms with van der Waals surface area (Å²) in [6.45, 7) is 0.478. The number of carboxylic acids is 1. The molecule has 2 atom stereocenters. The van der Waals surface area contributed by atoms with Crippen molar-refractivity contribution in [2.24, 2.45) is 5.73 Å². The summed E-state index contributed by atoms with van der Waals surface area (Å²) in [6.07, 6.45) is 0. The molecule has 0 bridgehead atoms. The van der Waals surface area contributed by atoms with Crippen molar-refractivity contribution in [2.75, 3.05) is 13.2 Å². The van der Waals surface area contributed by atoms with E-state index in [1.54, 1.807) is 0 Å². The van der Waals surface area contributed by atoms with Crippen molar-refractivity contribution in [3.63, 3.8) is 0 Å². The number of hydrogen-bond donors (Lipinski definition) is 4. The molecule has 3 aromatic rings. The molecular formula is C27H32N2O6. The van der Waals surface area contributed by atoms with Crippen molar-refractivity contribution >= 4 is 11.9 Å². The topological polar surface area (TPSA) is 133 Å². The van der Waals surface area contributed by atoms with Crippen LogP contribution >= 0.6 is 0 Å². The minimum atomic E-state index is -1.18. The van der Waals surface area contributed by atoms with Crippen LogP contribution in [0.25, 0.3) is 0 Å². The zero-order valence-corrected chi connectivity index (χ0v) is 19.4. The number of esters is 1. The lowest BCUT2D eigenvalue weighted by molar-refractivity contribution is -0.153. The fourth-order valence-corrected chi connectivity index (χ4v) is 3.15. The van der Waals surface area contributed by atoms with E-state index in [0.29, 0.717) is 13.1 Å². The summed E-state index contributed by atoms with van der Waals surface area (Å²) in [6, 6.07) is 27.6. The van der Waals surface area contributed by atoms with Gasteiger partial charge in [0.2, 0.25) is 0 Å². The summed E-state index contributed by atoms with van der Waals surface area (Å²) in [5.74, 6) is -1.60. The molecule has 35 heavy (non-hydrogen) atoms. The average Bonchev–Trinajstić information content (AvgIpc) is 2.89. The van der Waals surface area contributed by atoms with Gasteiger partial charge in [0, 0.05) is 13.1 Å². The van der Waals surface area contributed by atoms with Crippen LogP contribution in [0, 0.1) is 0 Å². The zero-order chi connectivity index (χ0) is 25.5. The number of rotatable bonds is 11. The second kappa shape index (κ2) is 15.4. The highest BCUT2D eigenvalue weighted by Gasteiger charge is 2.27. The lowest BCUT2D eigenvalue weighted by Gasteiger charge is -2.29. The molecule has 0 saturated heterocycles. The van der Waals surface area contributed by atoms with Crippen molar-refractivity contribution in [1.29, 1.82) is 0 Å². The minimum absolute atomic E-state index is 0.195. The van der Waals surface area contributed by atoms with Gasteiger partial charge in [0.25, 0.3) is 0 Å². The number of hydrogen-bond acceptors (Lipinski definition) is 7. The number of carboxylic acid groups (broad SMARTS) is 1. The fourth-order valence-electron chi connectivity index (χ4n) is 3.15. The van der Waals surface area contributed by atoms with Gasteiger partial charge < -0.3 is 25.8 Å². The number of nitrogens with two attached hydrogens (primary N) is 1. The average molecular weight is 481 g/mol. The Morgan fingerprint density at radius 2 is 1.17 bits per heavy atom. The second-order valence-electron chi connectivity index (χ2n) is 7.80. The maximum atomic E-state index is 12.7. The zero-order valence-electron chi connectivity index (χ0n) is 19.4. The van der Waals surface area contributed by atoms with Crippen LogP contribution in [0.3, 0.4) is 0 Å². The van der Waals surface area contributed by atoms with Crippen LogP contribution in [0.1, 0.15) is 16.7 Å². The lowest BCUT2D eigenvalue weighted by Crippen LogP contribution is -2.44. The van der Waals surface area contributed by atoms with Gasteiger partial charge in [-0.3, -0.25) is 14.5 Å². The van der Waals surface area contributed by atoms with Crippen LogP contribution in [-0.2, 0) is 34.0 Å². The van der Waals surface area contributed by atoms with Gasteiger partial charge in [-0.2, -0.15) is 0 Å². The van der Waals surface area contributed by atoms with Crippen LogP contribution in [0.5, 0.6) is 0 Å². The van der Waals surface area contributed by atoms with Gasteiger partial charge >= 0.3 is 11.9 Å². The number of nitrogens with zero attached hydrogens (tertiary/aromatic N) is 1. The van der Waals surface area contributed by atoms with Crippen molar-refractivity contribution in [3.05, 3.63) is 108 Å². The molecule has 0 amide bonds. The minimum Gasteiger partial charge on any atom is -0.480 e. The Balaban J connectivity index is 0.000000540. The number of aliphatic hydroxyl groups excluding tert-OH is 2. The summed E-state index contributed by atoms with van der Waals surface area (Å²) in [5.41, 5.74) is 7.84. The summed E-state index contributed by atoms with van der Waals surface area (Å²) in [7, 11) is 0. The monoisotopic (exact) mass is 480 g/mol. The third-order valence-corrected chi connectivity index (χ3v) is 5.08. The molecule has 0 aromatic heterocycles. The highest BCUT2D eigenvalue weighted by Crippen LogP contribution is 2.15. The summed E-state index contributed by atoms with van der Waals surface area (Å²) >= 11 is 0. The molecule has 8 nitrogen and oxygen atoms in total. The Kier molecular flexibility index (Phi) is 12.2.